The minimum Gasteiger partial charge on any atom is -0.355 e. The fourth-order valence-corrected chi connectivity index (χ4v) is 3.56. The summed E-state index contributed by atoms with van der Waals surface area (Å²) in [4.78, 5) is 23.4. The third kappa shape index (κ3) is 2.72. The first-order valence-electron chi connectivity index (χ1n) is 8.99. The second kappa shape index (κ2) is 6.66. The van der Waals surface area contributed by atoms with Gasteiger partial charge in [-0.2, -0.15) is 0 Å². The van der Waals surface area contributed by atoms with Crippen LogP contribution < -0.4 is 10.6 Å². The predicted octanol–water partition coefficient (Wildman–Crippen LogP) is 3.47. The Morgan fingerprint density at radius 1 is 1.04 bits per heavy atom. The molecule has 1 atom stereocenters. The van der Waals surface area contributed by atoms with Gasteiger partial charge in [-0.15, -0.1) is 0 Å². The average Bonchev–Trinajstić information content (AvgIpc) is 3.15. The molecule has 2 aromatic heterocycles. The molecule has 0 spiro atoms. The molecule has 28 heavy (non-hydrogen) atoms. The number of rotatable bonds is 3. The van der Waals surface area contributed by atoms with Gasteiger partial charge < -0.3 is 15.5 Å². The van der Waals surface area contributed by atoms with E-state index >= 15 is 0 Å². The lowest BCUT2D eigenvalue weighted by molar-refractivity contribution is -0.113. The van der Waals surface area contributed by atoms with Crippen molar-refractivity contribution in [3.63, 3.8) is 0 Å². The van der Waals surface area contributed by atoms with Crippen LogP contribution in [0.5, 0.6) is 0 Å². The lowest BCUT2D eigenvalue weighted by Gasteiger charge is -2.25. The van der Waals surface area contributed by atoms with E-state index in [1.807, 2.05) is 60.8 Å². The molecule has 2 N–H and O–H groups in total. The summed E-state index contributed by atoms with van der Waals surface area (Å²) in [5, 5.41) is 8.35. The molecule has 1 amide bonds. The van der Waals surface area contributed by atoms with Gasteiger partial charge in [-0.3, -0.25) is 14.8 Å². The van der Waals surface area contributed by atoms with Crippen LogP contribution in [0.1, 0.15) is 11.7 Å². The number of allylic oxidation sites excluding steroid dienone is 3. The highest BCUT2D eigenvalue weighted by Crippen LogP contribution is 2.34. The number of carbonyl (C=O) groups excluding carboxylic acids is 1. The van der Waals surface area contributed by atoms with Gasteiger partial charge in [-0.05, 0) is 42.0 Å². The van der Waals surface area contributed by atoms with E-state index in [0.717, 1.165) is 27.7 Å². The van der Waals surface area contributed by atoms with Crippen LogP contribution in [-0.4, -0.2) is 20.8 Å². The number of hydrogen-bond donors (Lipinski definition) is 2. The largest absolute Gasteiger partial charge is 0.355 e. The second-order valence-electron chi connectivity index (χ2n) is 6.55. The van der Waals surface area contributed by atoms with Gasteiger partial charge in [0.25, 0.3) is 5.91 Å². The van der Waals surface area contributed by atoms with Crippen LogP contribution >= 0.6 is 0 Å². The molecular formula is C22H17N5O. The Morgan fingerprint density at radius 3 is 2.79 bits per heavy atom. The maximum atomic E-state index is 13.1. The molecule has 4 heterocycles. The Kier molecular flexibility index (Phi) is 3.87. The highest BCUT2D eigenvalue weighted by Gasteiger charge is 2.34. The molecule has 2 aliphatic rings. The zero-order chi connectivity index (χ0) is 18.9. The predicted molar refractivity (Wildman–Crippen MR) is 108 cm³/mol. The maximum absolute atomic E-state index is 13.1. The van der Waals surface area contributed by atoms with Crippen molar-refractivity contribution in [1.29, 1.82) is 0 Å². The van der Waals surface area contributed by atoms with Crippen LogP contribution in [0.4, 0.5) is 5.69 Å². The number of anilines is 1. The first kappa shape index (κ1) is 16.3. The van der Waals surface area contributed by atoms with E-state index in [1.54, 1.807) is 24.8 Å². The molecule has 0 bridgehead atoms. The zero-order valence-electron chi connectivity index (χ0n) is 14.9. The van der Waals surface area contributed by atoms with Crippen molar-refractivity contribution in [1.82, 2.24) is 20.2 Å². The van der Waals surface area contributed by atoms with Crippen LogP contribution in [0.2, 0.25) is 0 Å². The van der Waals surface area contributed by atoms with Gasteiger partial charge in [0, 0.05) is 47.4 Å². The monoisotopic (exact) mass is 367 g/mol. The van der Waals surface area contributed by atoms with Gasteiger partial charge in [0.2, 0.25) is 0 Å². The first-order chi connectivity index (χ1) is 13.8. The van der Waals surface area contributed by atoms with Crippen molar-refractivity contribution in [2.45, 2.75) is 6.17 Å². The molecule has 6 nitrogen and oxygen atoms in total. The molecule has 1 unspecified atom stereocenters. The minimum absolute atomic E-state index is 0.156. The molecule has 5 rings (SSSR count). The van der Waals surface area contributed by atoms with Crippen molar-refractivity contribution in [3.8, 4) is 0 Å². The number of carbonyl (C=O) groups is 1. The molecule has 2 aliphatic heterocycles. The van der Waals surface area contributed by atoms with Crippen molar-refractivity contribution >= 4 is 22.4 Å². The number of nitrogens with one attached hydrogen (secondary N) is 2. The van der Waals surface area contributed by atoms with Crippen LogP contribution in [0.25, 0.3) is 10.8 Å². The van der Waals surface area contributed by atoms with Gasteiger partial charge in [0.05, 0.1) is 5.70 Å². The summed E-state index contributed by atoms with van der Waals surface area (Å²) in [6.45, 7) is 0. The van der Waals surface area contributed by atoms with E-state index in [4.69, 9.17) is 0 Å². The fraction of sp³-hybridized carbons (Fsp3) is 0.0455. The Balaban J connectivity index is 1.48. The van der Waals surface area contributed by atoms with E-state index in [-0.39, 0.29) is 12.1 Å². The number of amides is 1. The number of pyridine rings is 2. The van der Waals surface area contributed by atoms with Gasteiger partial charge >= 0.3 is 0 Å². The third-order valence-electron chi connectivity index (χ3n) is 4.88. The summed E-state index contributed by atoms with van der Waals surface area (Å²) in [6, 6.07) is 11.6. The number of aromatic nitrogens is 2. The lowest BCUT2D eigenvalue weighted by atomic mass is 10.1. The molecule has 0 saturated carbocycles. The molecule has 136 valence electrons. The number of fused-ring (bicyclic) bond motifs is 2. The molecule has 1 aromatic carbocycles. The third-order valence-corrected chi connectivity index (χ3v) is 4.88. The van der Waals surface area contributed by atoms with Crippen LogP contribution in [-0.2, 0) is 4.79 Å². The number of nitrogens with zero attached hydrogens (tertiary/aromatic N) is 3. The van der Waals surface area contributed by atoms with Crippen molar-refractivity contribution in [2.75, 3.05) is 5.32 Å². The van der Waals surface area contributed by atoms with E-state index in [9.17, 15) is 4.79 Å². The van der Waals surface area contributed by atoms with Crippen molar-refractivity contribution in [2.24, 2.45) is 0 Å². The molecule has 0 aliphatic carbocycles. The van der Waals surface area contributed by atoms with E-state index in [2.05, 4.69) is 25.5 Å². The highest BCUT2D eigenvalue weighted by atomic mass is 16.2. The smallest absolute Gasteiger partial charge is 0.273 e. The summed E-state index contributed by atoms with van der Waals surface area (Å²) in [7, 11) is 0. The molecule has 6 heteroatoms. The Labute approximate surface area is 161 Å². The maximum Gasteiger partial charge on any atom is 0.273 e. The molecular weight excluding hydrogens is 350 g/mol. The van der Waals surface area contributed by atoms with Gasteiger partial charge in [-0.1, -0.05) is 18.2 Å². The summed E-state index contributed by atoms with van der Waals surface area (Å²) >= 11 is 0. The first-order valence-corrected chi connectivity index (χ1v) is 8.99. The average molecular weight is 367 g/mol. The summed E-state index contributed by atoms with van der Waals surface area (Å²) in [5.74, 6) is -0.180. The molecule has 0 radical (unpaired) electrons. The van der Waals surface area contributed by atoms with E-state index in [1.165, 1.54) is 0 Å². The standard InChI is InChI=1S/C22H17N5O/c28-22(25-18-5-3-4-16-14-24-12-9-17(16)18)20-19-6-1-2-13-27(19)21(26-20)15-7-10-23-11-8-15/h1-14,21,26H,(H,25,28). The van der Waals surface area contributed by atoms with E-state index < -0.39 is 0 Å². The normalized spacial score (nSPS) is 17.6. The Morgan fingerprint density at radius 2 is 1.89 bits per heavy atom. The molecule has 0 saturated heterocycles. The van der Waals surface area contributed by atoms with Crippen LogP contribution in [0.3, 0.4) is 0 Å². The quantitative estimate of drug-likeness (QED) is 0.742. The molecule has 3 aromatic rings. The van der Waals surface area contributed by atoms with E-state index in [0.29, 0.717) is 5.70 Å². The van der Waals surface area contributed by atoms with Crippen LogP contribution in [0.15, 0.2) is 97.0 Å². The van der Waals surface area contributed by atoms with Gasteiger partial charge in [0.1, 0.15) is 11.9 Å². The summed E-state index contributed by atoms with van der Waals surface area (Å²) < 4.78 is 0. The topological polar surface area (TPSA) is 70.2 Å². The summed E-state index contributed by atoms with van der Waals surface area (Å²) in [5.41, 5.74) is 3.16. The lowest BCUT2D eigenvalue weighted by Crippen LogP contribution is -2.28. The van der Waals surface area contributed by atoms with Gasteiger partial charge in [0.15, 0.2) is 0 Å². The fourth-order valence-electron chi connectivity index (χ4n) is 3.56. The van der Waals surface area contributed by atoms with Crippen LogP contribution in [0, 0.1) is 0 Å². The Bertz CT molecular complexity index is 1140. The highest BCUT2D eigenvalue weighted by molar-refractivity contribution is 6.09. The number of hydrogen-bond acceptors (Lipinski definition) is 5. The minimum atomic E-state index is -0.180. The Hall–Kier alpha value is -3.93. The van der Waals surface area contributed by atoms with Crippen molar-refractivity contribution in [3.05, 3.63) is 103 Å². The summed E-state index contributed by atoms with van der Waals surface area (Å²) in [6.07, 6.45) is 14.7. The van der Waals surface area contributed by atoms with Crippen molar-refractivity contribution < 1.29 is 4.79 Å². The second-order valence-corrected chi connectivity index (χ2v) is 6.55. The number of benzene rings is 1. The molecule has 0 fully saturated rings. The van der Waals surface area contributed by atoms with Gasteiger partial charge in [-0.25, -0.2) is 0 Å². The SMILES string of the molecule is O=C(Nc1cccc2cnccc12)C1=C2C=CC=CN2C(c2ccncc2)N1. The zero-order valence-corrected chi connectivity index (χ0v) is 14.9.